The summed E-state index contributed by atoms with van der Waals surface area (Å²) in [5.74, 6) is 0.527. The summed E-state index contributed by atoms with van der Waals surface area (Å²) in [6.45, 7) is 1.96. The highest BCUT2D eigenvalue weighted by atomic mass is 16.5. The molecule has 0 spiro atoms. The quantitative estimate of drug-likeness (QED) is 0.919. The maximum atomic E-state index is 12.4. The molecule has 5 nitrogen and oxygen atoms in total. The lowest BCUT2D eigenvalue weighted by atomic mass is 10.1. The van der Waals surface area contributed by atoms with E-state index in [-0.39, 0.29) is 23.1 Å². The van der Waals surface area contributed by atoms with Gasteiger partial charge in [-0.05, 0) is 43.2 Å². The summed E-state index contributed by atoms with van der Waals surface area (Å²) in [5.41, 5.74) is 0.900. The van der Waals surface area contributed by atoms with E-state index in [9.17, 15) is 9.59 Å². The van der Waals surface area contributed by atoms with Crippen LogP contribution in [-0.2, 0) is 6.42 Å². The fourth-order valence-electron chi connectivity index (χ4n) is 2.22. The second-order valence-corrected chi connectivity index (χ2v) is 5.23. The van der Waals surface area contributed by atoms with Gasteiger partial charge in [0.1, 0.15) is 11.3 Å². The van der Waals surface area contributed by atoms with Gasteiger partial charge in [-0.25, -0.2) is 0 Å². The van der Waals surface area contributed by atoms with Gasteiger partial charge in [0, 0.05) is 19.3 Å². The summed E-state index contributed by atoms with van der Waals surface area (Å²) >= 11 is 0. The molecule has 0 bridgehead atoms. The van der Waals surface area contributed by atoms with Crippen molar-refractivity contribution in [2.45, 2.75) is 19.4 Å². The molecule has 5 heteroatoms. The van der Waals surface area contributed by atoms with Crippen molar-refractivity contribution < 1.29 is 9.53 Å². The number of aromatic nitrogens is 1. The third-order valence-electron chi connectivity index (χ3n) is 3.72. The Balaban J connectivity index is 2.08. The molecule has 0 radical (unpaired) electrons. The number of nitrogens with one attached hydrogen (secondary N) is 1. The molecule has 2 rings (SSSR count). The number of aromatic amines is 1. The summed E-state index contributed by atoms with van der Waals surface area (Å²) in [5, 5.41) is 0. The standard InChI is InChI=1S/C17H20N2O3/c1-12(11-13-6-8-14(22-3)9-7-13)19(2)17(21)15-5-4-10-18-16(15)20/h4-10,12H,11H2,1-3H3,(H,18,20)/t12-/m0/s1. The molecule has 1 amide bonds. The molecule has 0 aliphatic rings. The molecule has 0 saturated heterocycles. The van der Waals surface area contributed by atoms with E-state index in [0.717, 1.165) is 11.3 Å². The van der Waals surface area contributed by atoms with Crippen molar-refractivity contribution in [1.29, 1.82) is 0 Å². The van der Waals surface area contributed by atoms with Gasteiger partial charge in [0.25, 0.3) is 11.5 Å². The molecule has 116 valence electrons. The van der Waals surface area contributed by atoms with Crippen LogP contribution in [0.4, 0.5) is 0 Å². The highest BCUT2D eigenvalue weighted by Gasteiger charge is 2.19. The van der Waals surface area contributed by atoms with Gasteiger partial charge in [-0.1, -0.05) is 12.1 Å². The van der Waals surface area contributed by atoms with Gasteiger partial charge >= 0.3 is 0 Å². The molecule has 1 heterocycles. The predicted molar refractivity (Wildman–Crippen MR) is 85.3 cm³/mol. The molecule has 1 atom stereocenters. The van der Waals surface area contributed by atoms with E-state index in [2.05, 4.69) is 4.98 Å². The number of carbonyl (C=O) groups is 1. The van der Waals surface area contributed by atoms with E-state index in [1.165, 1.54) is 12.3 Å². The molecule has 1 N–H and O–H groups in total. The molecular weight excluding hydrogens is 280 g/mol. The van der Waals surface area contributed by atoms with Gasteiger partial charge in [-0.15, -0.1) is 0 Å². The van der Waals surface area contributed by atoms with Gasteiger partial charge in [0.15, 0.2) is 0 Å². The third-order valence-corrected chi connectivity index (χ3v) is 3.72. The largest absolute Gasteiger partial charge is 0.497 e. The van der Waals surface area contributed by atoms with E-state index >= 15 is 0 Å². The second-order valence-electron chi connectivity index (χ2n) is 5.23. The number of pyridine rings is 1. The van der Waals surface area contributed by atoms with E-state index in [1.54, 1.807) is 25.1 Å². The highest BCUT2D eigenvalue weighted by molar-refractivity contribution is 5.93. The number of benzene rings is 1. The van der Waals surface area contributed by atoms with Crippen LogP contribution in [0.5, 0.6) is 5.75 Å². The molecule has 0 aliphatic carbocycles. The van der Waals surface area contributed by atoms with Crippen LogP contribution in [0.15, 0.2) is 47.4 Å². The molecule has 0 aliphatic heterocycles. The Morgan fingerprint density at radius 2 is 1.95 bits per heavy atom. The van der Waals surface area contributed by atoms with Crippen LogP contribution in [0.25, 0.3) is 0 Å². The molecule has 0 fully saturated rings. The van der Waals surface area contributed by atoms with Crippen LogP contribution in [-0.4, -0.2) is 36.0 Å². The number of ether oxygens (including phenoxy) is 1. The van der Waals surface area contributed by atoms with Crippen molar-refractivity contribution in [2.24, 2.45) is 0 Å². The van der Waals surface area contributed by atoms with Crippen molar-refractivity contribution in [3.63, 3.8) is 0 Å². The topological polar surface area (TPSA) is 62.4 Å². The first-order valence-corrected chi connectivity index (χ1v) is 7.10. The lowest BCUT2D eigenvalue weighted by Crippen LogP contribution is -2.38. The summed E-state index contributed by atoms with van der Waals surface area (Å²) in [7, 11) is 3.34. The van der Waals surface area contributed by atoms with Crippen LogP contribution >= 0.6 is 0 Å². The van der Waals surface area contributed by atoms with Gasteiger partial charge in [0.05, 0.1) is 7.11 Å². The zero-order chi connectivity index (χ0) is 16.1. The van der Waals surface area contributed by atoms with E-state index in [1.807, 2.05) is 31.2 Å². The van der Waals surface area contributed by atoms with Crippen LogP contribution in [0, 0.1) is 0 Å². The molecule has 2 aromatic rings. The lowest BCUT2D eigenvalue weighted by molar-refractivity contribution is 0.0741. The maximum Gasteiger partial charge on any atom is 0.260 e. The number of methoxy groups -OCH3 is 1. The van der Waals surface area contributed by atoms with E-state index in [0.29, 0.717) is 6.42 Å². The average molecular weight is 300 g/mol. The Hall–Kier alpha value is -2.56. The number of hydrogen-bond acceptors (Lipinski definition) is 3. The van der Waals surface area contributed by atoms with Gasteiger partial charge < -0.3 is 14.6 Å². The number of hydrogen-bond donors (Lipinski definition) is 1. The smallest absolute Gasteiger partial charge is 0.260 e. The minimum absolute atomic E-state index is 0.0273. The summed E-state index contributed by atoms with van der Waals surface area (Å²) in [4.78, 5) is 28.2. The van der Waals surface area contributed by atoms with Crippen LogP contribution in [0.1, 0.15) is 22.8 Å². The predicted octanol–water partition coefficient (Wildman–Crippen LogP) is 2.09. The van der Waals surface area contributed by atoms with Crippen molar-refractivity contribution >= 4 is 5.91 Å². The number of carbonyl (C=O) groups excluding carboxylic acids is 1. The highest BCUT2D eigenvalue weighted by Crippen LogP contribution is 2.14. The van der Waals surface area contributed by atoms with Crippen molar-refractivity contribution in [3.8, 4) is 5.75 Å². The first-order chi connectivity index (χ1) is 10.5. The van der Waals surface area contributed by atoms with Crippen LogP contribution < -0.4 is 10.3 Å². The van der Waals surface area contributed by atoms with Crippen molar-refractivity contribution in [3.05, 3.63) is 64.1 Å². The molecule has 22 heavy (non-hydrogen) atoms. The first-order valence-electron chi connectivity index (χ1n) is 7.10. The summed E-state index contributed by atoms with van der Waals surface area (Å²) < 4.78 is 5.13. The van der Waals surface area contributed by atoms with Crippen LogP contribution in [0.3, 0.4) is 0 Å². The monoisotopic (exact) mass is 300 g/mol. The molecule has 1 aromatic carbocycles. The Labute approximate surface area is 129 Å². The number of rotatable bonds is 5. The number of nitrogens with zero attached hydrogens (tertiary/aromatic N) is 1. The minimum Gasteiger partial charge on any atom is -0.497 e. The minimum atomic E-state index is -0.365. The summed E-state index contributed by atoms with van der Waals surface area (Å²) in [6, 6.07) is 10.9. The number of amides is 1. The third kappa shape index (κ3) is 3.55. The fourth-order valence-corrected chi connectivity index (χ4v) is 2.22. The van der Waals surface area contributed by atoms with Crippen LogP contribution in [0.2, 0.25) is 0 Å². The fraction of sp³-hybridized carbons (Fsp3) is 0.294. The maximum absolute atomic E-state index is 12.4. The first kappa shape index (κ1) is 15.8. The zero-order valence-electron chi connectivity index (χ0n) is 13.0. The average Bonchev–Trinajstić information content (AvgIpc) is 2.54. The SMILES string of the molecule is COc1ccc(C[C@H](C)N(C)C(=O)c2ccc[nH]c2=O)cc1. The Morgan fingerprint density at radius 1 is 1.27 bits per heavy atom. The zero-order valence-corrected chi connectivity index (χ0v) is 13.0. The van der Waals surface area contributed by atoms with Crippen molar-refractivity contribution in [1.82, 2.24) is 9.88 Å². The molecule has 0 saturated carbocycles. The van der Waals surface area contributed by atoms with Gasteiger partial charge in [-0.3, -0.25) is 9.59 Å². The van der Waals surface area contributed by atoms with Gasteiger partial charge in [-0.2, -0.15) is 0 Å². The van der Waals surface area contributed by atoms with E-state index in [4.69, 9.17) is 4.74 Å². The lowest BCUT2D eigenvalue weighted by Gasteiger charge is -2.25. The normalized spacial score (nSPS) is 11.8. The second kappa shape index (κ2) is 6.93. The van der Waals surface area contributed by atoms with E-state index < -0.39 is 0 Å². The van der Waals surface area contributed by atoms with Crippen molar-refractivity contribution in [2.75, 3.05) is 14.2 Å². The van der Waals surface area contributed by atoms with Gasteiger partial charge in [0.2, 0.25) is 0 Å². The molecular formula is C17H20N2O3. The molecule has 1 aromatic heterocycles. The number of H-pyrrole nitrogens is 1. The Morgan fingerprint density at radius 3 is 2.55 bits per heavy atom. The number of likely N-dealkylation sites (N-methyl/N-ethyl adjacent to an activating group) is 1. The summed E-state index contributed by atoms with van der Waals surface area (Å²) in [6.07, 6.45) is 2.22. The Bertz CT molecular complexity index is 692. The Kier molecular flexibility index (Phi) is 4.99. The molecule has 0 unspecified atom stereocenters.